The summed E-state index contributed by atoms with van der Waals surface area (Å²) in [5.74, 6) is 1.65. The van der Waals surface area contributed by atoms with Gasteiger partial charge in [0.1, 0.15) is 5.75 Å². The highest BCUT2D eigenvalue weighted by atomic mass is 28.4. The van der Waals surface area contributed by atoms with Crippen LogP contribution in [0.5, 0.6) is 5.75 Å². The number of carbonyl (C=O) groups excluding carboxylic acids is 1. The van der Waals surface area contributed by atoms with Gasteiger partial charge in [0.05, 0.1) is 12.4 Å². The number of hydrogen-bond acceptors (Lipinski definition) is 4. The lowest BCUT2D eigenvalue weighted by molar-refractivity contribution is 0.104. The van der Waals surface area contributed by atoms with Gasteiger partial charge in [-0.25, -0.2) is 0 Å². The summed E-state index contributed by atoms with van der Waals surface area (Å²) >= 11 is 0. The molecule has 0 radical (unpaired) electrons. The number of hydrogen-bond donors (Lipinski definition) is 0. The Kier molecular flexibility index (Phi) is 14.3. The van der Waals surface area contributed by atoms with Gasteiger partial charge in [-0.05, 0) is 82.7 Å². The molecule has 182 valence electrons. The minimum Gasteiger partial charge on any atom is -0.547 e. The Labute approximate surface area is 198 Å². The Bertz CT molecular complexity index is 656. The maximum absolute atomic E-state index is 12.7. The second-order valence-electron chi connectivity index (χ2n) is 9.57. The van der Waals surface area contributed by atoms with Gasteiger partial charge in [0.15, 0.2) is 5.78 Å². The van der Waals surface area contributed by atoms with Crippen molar-refractivity contribution in [2.45, 2.75) is 91.8 Å². The Morgan fingerprint density at radius 3 is 1.97 bits per heavy atom. The van der Waals surface area contributed by atoms with E-state index in [0.717, 1.165) is 43.7 Å². The summed E-state index contributed by atoms with van der Waals surface area (Å²) in [5.41, 5.74) is 0.677. The van der Waals surface area contributed by atoms with Crippen LogP contribution in [-0.2, 0) is 4.43 Å². The molecule has 0 aliphatic rings. The first-order valence-corrected chi connectivity index (χ1v) is 16.1. The third kappa shape index (κ3) is 13.1. The van der Waals surface area contributed by atoms with Crippen molar-refractivity contribution in [1.29, 1.82) is 0 Å². The highest BCUT2D eigenvalue weighted by molar-refractivity contribution is 6.70. The number of nitrogens with zero attached hydrogens (tertiary/aromatic N) is 1. The first-order chi connectivity index (χ1) is 15.3. The number of ether oxygens (including phenoxy) is 1. The molecule has 4 nitrogen and oxygen atoms in total. The second-order valence-corrected chi connectivity index (χ2v) is 14.0. The van der Waals surface area contributed by atoms with Crippen LogP contribution in [0.1, 0.15) is 82.5 Å². The lowest BCUT2D eigenvalue weighted by Gasteiger charge is -2.22. The molecule has 0 unspecified atom stereocenters. The van der Waals surface area contributed by atoms with Gasteiger partial charge in [-0.3, -0.25) is 4.79 Å². The second kappa shape index (κ2) is 16.1. The zero-order valence-electron chi connectivity index (χ0n) is 21.5. The first kappa shape index (κ1) is 28.4. The predicted octanol–water partition coefficient (Wildman–Crippen LogP) is 7.47. The Morgan fingerprint density at radius 2 is 1.44 bits per heavy atom. The van der Waals surface area contributed by atoms with E-state index in [2.05, 4.69) is 45.3 Å². The molecule has 0 aromatic heterocycles. The lowest BCUT2D eigenvalue weighted by Crippen LogP contribution is -2.28. The summed E-state index contributed by atoms with van der Waals surface area (Å²) in [4.78, 5) is 15.3. The van der Waals surface area contributed by atoms with Crippen LogP contribution in [0.3, 0.4) is 0 Å². The van der Waals surface area contributed by atoms with Crippen LogP contribution < -0.4 is 4.74 Å². The standard InChI is InChI=1S/C27H47NO3Si/c1-7-10-14-26(31-32(4,5)6)23-27(29)24-15-17-25(18-16-24)30-22-13-21-28(19-11-8-2)20-12-9-3/h15-18,23H,7-14,19-22H2,1-6H3. The summed E-state index contributed by atoms with van der Waals surface area (Å²) in [6.45, 7) is 17.2. The van der Waals surface area contributed by atoms with Crippen LogP contribution in [-0.4, -0.2) is 45.2 Å². The molecule has 0 aliphatic carbocycles. The van der Waals surface area contributed by atoms with E-state index in [1.807, 2.05) is 24.3 Å². The number of benzene rings is 1. The van der Waals surface area contributed by atoms with Crippen molar-refractivity contribution < 1.29 is 14.0 Å². The van der Waals surface area contributed by atoms with Gasteiger partial charge in [-0.1, -0.05) is 40.0 Å². The van der Waals surface area contributed by atoms with E-state index in [9.17, 15) is 4.79 Å². The molecular formula is C27H47NO3Si. The molecule has 0 saturated heterocycles. The van der Waals surface area contributed by atoms with E-state index in [0.29, 0.717) is 12.2 Å². The Hall–Kier alpha value is -1.59. The zero-order valence-corrected chi connectivity index (χ0v) is 22.5. The molecule has 0 spiro atoms. The van der Waals surface area contributed by atoms with Crippen LogP contribution in [0.2, 0.25) is 19.6 Å². The van der Waals surface area contributed by atoms with E-state index in [-0.39, 0.29) is 5.78 Å². The topological polar surface area (TPSA) is 38.8 Å². The van der Waals surface area contributed by atoms with Gasteiger partial charge < -0.3 is 14.1 Å². The third-order valence-corrected chi connectivity index (χ3v) is 6.06. The molecule has 0 fully saturated rings. The van der Waals surface area contributed by atoms with Gasteiger partial charge in [-0.15, -0.1) is 0 Å². The monoisotopic (exact) mass is 461 g/mol. The van der Waals surface area contributed by atoms with Crippen LogP contribution in [0.4, 0.5) is 0 Å². The largest absolute Gasteiger partial charge is 0.547 e. The third-order valence-electron chi connectivity index (χ3n) is 5.19. The van der Waals surface area contributed by atoms with Crippen molar-refractivity contribution in [1.82, 2.24) is 4.90 Å². The minimum atomic E-state index is -1.73. The van der Waals surface area contributed by atoms with E-state index in [4.69, 9.17) is 9.16 Å². The average molecular weight is 462 g/mol. The molecule has 0 amide bonds. The first-order valence-electron chi connectivity index (χ1n) is 12.7. The average Bonchev–Trinajstić information content (AvgIpc) is 2.75. The summed E-state index contributed by atoms with van der Waals surface area (Å²) < 4.78 is 12.1. The van der Waals surface area contributed by atoms with Crippen molar-refractivity contribution in [3.63, 3.8) is 0 Å². The van der Waals surface area contributed by atoms with Gasteiger partial charge in [0.2, 0.25) is 8.32 Å². The molecular weight excluding hydrogens is 414 g/mol. The van der Waals surface area contributed by atoms with E-state index in [1.165, 1.54) is 38.8 Å². The summed E-state index contributed by atoms with van der Waals surface area (Å²) in [7, 11) is -1.73. The fourth-order valence-electron chi connectivity index (χ4n) is 3.42. The fourth-order valence-corrected chi connectivity index (χ4v) is 4.37. The molecule has 0 saturated carbocycles. The van der Waals surface area contributed by atoms with Crippen LogP contribution in [0, 0.1) is 0 Å². The van der Waals surface area contributed by atoms with E-state index >= 15 is 0 Å². The highest BCUT2D eigenvalue weighted by Gasteiger charge is 2.18. The van der Waals surface area contributed by atoms with Crippen molar-refractivity contribution in [3.05, 3.63) is 41.7 Å². The maximum Gasteiger partial charge on any atom is 0.241 e. The normalized spacial score (nSPS) is 12.3. The number of rotatable bonds is 18. The zero-order chi connectivity index (χ0) is 23.8. The van der Waals surface area contributed by atoms with Crippen LogP contribution in [0.15, 0.2) is 36.1 Å². The molecule has 0 N–H and O–H groups in total. The van der Waals surface area contributed by atoms with Gasteiger partial charge in [0.25, 0.3) is 0 Å². The summed E-state index contributed by atoms with van der Waals surface area (Å²) in [5, 5.41) is 0. The Balaban J connectivity index is 2.57. The lowest BCUT2D eigenvalue weighted by atomic mass is 10.1. The number of allylic oxidation sites excluding steroid dienone is 2. The van der Waals surface area contributed by atoms with Gasteiger partial charge in [-0.2, -0.15) is 0 Å². The molecule has 1 rings (SSSR count). The highest BCUT2D eigenvalue weighted by Crippen LogP contribution is 2.19. The molecule has 0 bridgehead atoms. The summed E-state index contributed by atoms with van der Waals surface area (Å²) in [6.07, 6.45) is 10.6. The van der Waals surface area contributed by atoms with Crippen molar-refractivity contribution in [3.8, 4) is 5.75 Å². The fraction of sp³-hybridized carbons (Fsp3) is 0.667. The molecule has 5 heteroatoms. The summed E-state index contributed by atoms with van der Waals surface area (Å²) in [6, 6.07) is 7.51. The number of ketones is 1. The molecule has 32 heavy (non-hydrogen) atoms. The van der Waals surface area contributed by atoms with E-state index in [1.54, 1.807) is 6.08 Å². The predicted molar refractivity (Wildman–Crippen MR) is 139 cm³/mol. The maximum atomic E-state index is 12.7. The molecule has 0 atom stereocenters. The van der Waals surface area contributed by atoms with E-state index < -0.39 is 8.32 Å². The van der Waals surface area contributed by atoms with Crippen LogP contribution in [0.25, 0.3) is 0 Å². The Morgan fingerprint density at radius 1 is 0.875 bits per heavy atom. The van der Waals surface area contributed by atoms with Crippen molar-refractivity contribution in [2.24, 2.45) is 0 Å². The molecule has 0 aliphatic heterocycles. The molecule has 1 aromatic carbocycles. The SMILES string of the molecule is CCCCC(=CC(=O)c1ccc(OCCCN(CCCC)CCCC)cc1)O[Si](C)(C)C. The number of carbonyl (C=O) groups is 1. The van der Waals surface area contributed by atoms with Gasteiger partial charge in [0, 0.05) is 24.6 Å². The minimum absolute atomic E-state index is 0.00314. The number of unbranched alkanes of at least 4 members (excludes halogenated alkanes) is 3. The molecule has 1 aromatic rings. The van der Waals surface area contributed by atoms with Crippen LogP contribution >= 0.6 is 0 Å². The molecule has 0 heterocycles. The van der Waals surface area contributed by atoms with Gasteiger partial charge >= 0.3 is 0 Å². The van der Waals surface area contributed by atoms with Crippen molar-refractivity contribution in [2.75, 3.05) is 26.2 Å². The smallest absolute Gasteiger partial charge is 0.241 e. The quantitative estimate of drug-likeness (QED) is 0.0747. The van der Waals surface area contributed by atoms with Crippen molar-refractivity contribution >= 4 is 14.1 Å².